The number of carbonyl (C=O) groups is 1. The van der Waals surface area contributed by atoms with Gasteiger partial charge in [0.2, 0.25) is 0 Å². The zero-order valence-electron chi connectivity index (χ0n) is 8.00. The maximum Gasteiger partial charge on any atom is 0.251 e. The van der Waals surface area contributed by atoms with Gasteiger partial charge in [0.05, 0.1) is 30.0 Å². The summed E-state index contributed by atoms with van der Waals surface area (Å²) in [6.07, 6.45) is 0. The summed E-state index contributed by atoms with van der Waals surface area (Å²) in [6, 6.07) is 4.95. The number of carbonyl (C=O) groups excluding carboxylic acids is 1. The number of hydrogen-bond acceptors (Lipinski definition) is 3. The van der Waals surface area contributed by atoms with Crippen LogP contribution in [0.5, 0.6) is 0 Å². The Morgan fingerprint density at radius 1 is 1.53 bits per heavy atom. The lowest BCUT2D eigenvalue weighted by atomic mass is 10.1. The average molecular weight is 227 g/mol. The molecule has 1 aliphatic heterocycles. The summed E-state index contributed by atoms with van der Waals surface area (Å²) in [5, 5.41) is 3.27. The number of nitrogens with two attached hydrogens (primary N) is 1. The van der Waals surface area contributed by atoms with E-state index in [1.54, 1.807) is 18.2 Å². The zero-order valence-corrected chi connectivity index (χ0v) is 8.75. The molecule has 1 aromatic carbocycles. The number of amides is 1. The lowest BCUT2D eigenvalue weighted by Gasteiger charge is -2.26. The van der Waals surface area contributed by atoms with E-state index in [9.17, 15) is 4.79 Å². The predicted molar refractivity (Wildman–Crippen MR) is 57.9 cm³/mol. The number of nitrogen functional groups attached to an aromatic ring is 1. The maximum absolute atomic E-state index is 11.6. The lowest BCUT2D eigenvalue weighted by molar-refractivity contribution is -0.00346. The van der Waals surface area contributed by atoms with E-state index < -0.39 is 0 Å². The number of anilines is 1. The highest BCUT2D eigenvalue weighted by Crippen LogP contribution is 2.19. The average Bonchev–Trinajstić information content (AvgIpc) is 2.15. The van der Waals surface area contributed by atoms with Gasteiger partial charge in [0, 0.05) is 5.56 Å². The Hall–Kier alpha value is -1.26. The molecule has 15 heavy (non-hydrogen) atoms. The Bertz CT molecular complexity index is 391. The molecule has 0 aliphatic carbocycles. The maximum atomic E-state index is 11.6. The van der Waals surface area contributed by atoms with E-state index in [0.29, 0.717) is 29.5 Å². The van der Waals surface area contributed by atoms with Crippen LogP contribution < -0.4 is 11.1 Å². The van der Waals surface area contributed by atoms with E-state index in [1.165, 1.54) is 0 Å². The van der Waals surface area contributed by atoms with Crippen molar-refractivity contribution in [2.24, 2.45) is 0 Å². The SMILES string of the molecule is Nc1cc(C(=O)NC2COC2)ccc1Cl. The number of hydrogen-bond donors (Lipinski definition) is 2. The molecule has 0 unspecified atom stereocenters. The molecule has 0 aromatic heterocycles. The fraction of sp³-hybridized carbons (Fsp3) is 0.300. The van der Waals surface area contributed by atoms with Gasteiger partial charge >= 0.3 is 0 Å². The van der Waals surface area contributed by atoms with Crippen molar-refractivity contribution >= 4 is 23.2 Å². The largest absolute Gasteiger partial charge is 0.398 e. The van der Waals surface area contributed by atoms with Crippen molar-refractivity contribution in [1.82, 2.24) is 5.32 Å². The van der Waals surface area contributed by atoms with Gasteiger partial charge in [0.1, 0.15) is 0 Å². The van der Waals surface area contributed by atoms with Crippen molar-refractivity contribution in [3.05, 3.63) is 28.8 Å². The summed E-state index contributed by atoms with van der Waals surface area (Å²) in [5.74, 6) is -0.147. The number of benzene rings is 1. The molecule has 1 aliphatic rings. The highest BCUT2D eigenvalue weighted by molar-refractivity contribution is 6.33. The summed E-state index contributed by atoms with van der Waals surface area (Å²) >= 11 is 5.75. The molecule has 1 saturated heterocycles. The van der Waals surface area contributed by atoms with Crippen LogP contribution in [0.4, 0.5) is 5.69 Å². The van der Waals surface area contributed by atoms with Crippen LogP contribution in [0.15, 0.2) is 18.2 Å². The molecule has 0 bridgehead atoms. The summed E-state index contributed by atoms with van der Waals surface area (Å²) < 4.78 is 4.95. The molecule has 1 heterocycles. The highest BCUT2D eigenvalue weighted by Gasteiger charge is 2.21. The van der Waals surface area contributed by atoms with Gasteiger partial charge in [-0.1, -0.05) is 11.6 Å². The van der Waals surface area contributed by atoms with E-state index in [1.807, 2.05) is 0 Å². The van der Waals surface area contributed by atoms with Crippen LogP contribution in [0.1, 0.15) is 10.4 Å². The summed E-state index contributed by atoms with van der Waals surface area (Å²) in [5.41, 5.74) is 6.53. The van der Waals surface area contributed by atoms with Crippen molar-refractivity contribution in [2.75, 3.05) is 18.9 Å². The first-order valence-electron chi connectivity index (χ1n) is 4.60. The second kappa shape index (κ2) is 4.08. The molecule has 4 nitrogen and oxygen atoms in total. The van der Waals surface area contributed by atoms with E-state index in [0.717, 1.165) is 0 Å². The predicted octanol–water partition coefficient (Wildman–Crippen LogP) is 1.05. The highest BCUT2D eigenvalue weighted by atomic mass is 35.5. The molecule has 1 fully saturated rings. The van der Waals surface area contributed by atoms with Crippen LogP contribution in [-0.2, 0) is 4.74 Å². The van der Waals surface area contributed by atoms with Crippen LogP contribution in [0.25, 0.3) is 0 Å². The van der Waals surface area contributed by atoms with Gasteiger partial charge in [-0.2, -0.15) is 0 Å². The van der Waals surface area contributed by atoms with Crippen LogP contribution in [0, 0.1) is 0 Å². The molecule has 1 amide bonds. The van der Waals surface area contributed by atoms with E-state index in [-0.39, 0.29) is 11.9 Å². The van der Waals surface area contributed by atoms with Gasteiger partial charge in [0.25, 0.3) is 5.91 Å². The summed E-state index contributed by atoms with van der Waals surface area (Å²) in [4.78, 5) is 11.6. The molecule has 0 atom stereocenters. The van der Waals surface area contributed by atoms with Crippen molar-refractivity contribution in [3.63, 3.8) is 0 Å². The van der Waals surface area contributed by atoms with Gasteiger partial charge < -0.3 is 15.8 Å². The first-order chi connectivity index (χ1) is 7.16. The van der Waals surface area contributed by atoms with Crippen molar-refractivity contribution < 1.29 is 9.53 Å². The number of rotatable bonds is 2. The van der Waals surface area contributed by atoms with E-state index in [2.05, 4.69) is 5.32 Å². The second-order valence-corrected chi connectivity index (χ2v) is 3.85. The smallest absolute Gasteiger partial charge is 0.251 e. The summed E-state index contributed by atoms with van der Waals surface area (Å²) in [7, 11) is 0. The Kier molecular flexibility index (Phi) is 2.79. The Balaban J connectivity index is 2.07. The fourth-order valence-corrected chi connectivity index (χ4v) is 1.39. The van der Waals surface area contributed by atoms with Crippen LogP contribution >= 0.6 is 11.6 Å². The molecule has 2 rings (SSSR count). The second-order valence-electron chi connectivity index (χ2n) is 3.44. The first-order valence-corrected chi connectivity index (χ1v) is 4.98. The quantitative estimate of drug-likeness (QED) is 0.741. The van der Waals surface area contributed by atoms with Gasteiger partial charge in [0.15, 0.2) is 0 Å². The molecular weight excluding hydrogens is 216 g/mol. The van der Waals surface area contributed by atoms with Crippen LogP contribution in [0.3, 0.4) is 0 Å². The summed E-state index contributed by atoms with van der Waals surface area (Å²) in [6.45, 7) is 1.16. The van der Waals surface area contributed by atoms with Crippen LogP contribution in [-0.4, -0.2) is 25.2 Å². The monoisotopic (exact) mass is 226 g/mol. The molecule has 5 heteroatoms. The van der Waals surface area contributed by atoms with E-state index >= 15 is 0 Å². The van der Waals surface area contributed by atoms with Gasteiger partial charge in [-0.05, 0) is 18.2 Å². The molecule has 3 N–H and O–H groups in total. The molecule has 1 aromatic rings. The lowest BCUT2D eigenvalue weighted by Crippen LogP contribution is -2.48. The number of ether oxygens (including phenoxy) is 1. The van der Waals surface area contributed by atoms with E-state index in [4.69, 9.17) is 22.1 Å². The normalized spacial score (nSPS) is 15.8. The molecular formula is C10H11ClN2O2. The Morgan fingerprint density at radius 2 is 2.27 bits per heavy atom. The molecule has 80 valence electrons. The Labute approximate surface area is 92.4 Å². The zero-order chi connectivity index (χ0) is 10.8. The van der Waals surface area contributed by atoms with Gasteiger partial charge in [-0.3, -0.25) is 4.79 Å². The van der Waals surface area contributed by atoms with Crippen molar-refractivity contribution in [1.29, 1.82) is 0 Å². The van der Waals surface area contributed by atoms with Gasteiger partial charge in [-0.15, -0.1) is 0 Å². The standard InChI is InChI=1S/C10H11ClN2O2/c11-8-2-1-6(3-9(8)12)10(14)13-7-4-15-5-7/h1-3,7H,4-5,12H2,(H,13,14). The third-order valence-electron chi connectivity index (χ3n) is 2.23. The van der Waals surface area contributed by atoms with Crippen LogP contribution in [0.2, 0.25) is 5.02 Å². The number of nitrogens with one attached hydrogen (secondary N) is 1. The minimum Gasteiger partial charge on any atom is -0.398 e. The minimum atomic E-state index is -0.147. The first kappa shape index (κ1) is 10.3. The minimum absolute atomic E-state index is 0.120. The topological polar surface area (TPSA) is 64.4 Å². The Morgan fingerprint density at radius 3 is 2.80 bits per heavy atom. The third kappa shape index (κ3) is 2.22. The number of halogens is 1. The fourth-order valence-electron chi connectivity index (χ4n) is 1.27. The molecule has 0 radical (unpaired) electrons. The molecule has 0 spiro atoms. The third-order valence-corrected chi connectivity index (χ3v) is 2.58. The molecule has 0 saturated carbocycles. The van der Waals surface area contributed by atoms with Gasteiger partial charge in [-0.25, -0.2) is 0 Å². The van der Waals surface area contributed by atoms with Crippen molar-refractivity contribution in [2.45, 2.75) is 6.04 Å². The van der Waals surface area contributed by atoms with Crippen molar-refractivity contribution in [3.8, 4) is 0 Å².